The quantitative estimate of drug-likeness (QED) is 0.869. The van der Waals surface area contributed by atoms with E-state index in [9.17, 15) is 4.39 Å². The van der Waals surface area contributed by atoms with Gasteiger partial charge in [-0.15, -0.1) is 0 Å². The van der Waals surface area contributed by atoms with Crippen molar-refractivity contribution in [1.82, 2.24) is 5.32 Å². The van der Waals surface area contributed by atoms with Gasteiger partial charge in [0.1, 0.15) is 5.76 Å². The van der Waals surface area contributed by atoms with Gasteiger partial charge in [-0.2, -0.15) is 0 Å². The third kappa shape index (κ3) is 3.32. The van der Waals surface area contributed by atoms with Crippen LogP contribution < -0.4 is 10.1 Å². The summed E-state index contributed by atoms with van der Waals surface area (Å²) in [7, 11) is 1.44. The molecule has 20 heavy (non-hydrogen) atoms. The monoisotopic (exact) mass is 297 g/mol. The third-order valence-corrected chi connectivity index (χ3v) is 3.19. The van der Waals surface area contributed by atoms with Crippen molar-refractivity contribution in [2.45, 2.75) is 19.4 Å². The first-order chi connectivity index (χ1) is 9.65. The first-order valence-electron chi connectivity index (χ1n) is 6.47. The lowest BCUT2D eigenvalue weighted by Crippen LogP contribution is -2.22. The highest BCUT2D eigenvalue weighted by molar-refractivity contribution is 6.28. The van der Waals surface area contributed by atoms with Crippen LogP contribution in [-0.4, -0.2) is 13.7 Å². The van der Waals surface area contributed by atoms with Crippen molar-refractivity contribution in [3.63, 3.8) is 0 Å². The maximum atomic E-state index is 13.8. The molecule has 0 aliphatic carbocycles. The molecule has 1 heterocycles. The van der Waals surface area contributed by atoms with Crippen molar-refractivity contribution in [3.05, 3.63) is 52.7 Å². The van der Waals surface area contributed by atoms with Gasteiger partial charge in [-0.25, -0.2) is 4.39 Å². The lowest BCUT2D eigenvalue weighted by Gasteiger charge is -2.17. The van der Waals surface area contributed by atoms with E-state index in [0.717, 1.165) is 18.5 Å². The van der Waals surface area contributed by atoms with Crippen LogP contribution in [0.2, 0.25) is 5.22 Å². The molecule has 0 saturated carbocycles. The van der Waals surface area contributed by atoms with E-state index in [-0.39, 0.29) is 11.8 Å². The number of nitrogens with one attached hydrogen (secondary N) is 1. The van der Waals surface area contributed by atoms with E-state index in [1.165, 1.54) is 13.2 Å². The normalized spacial score (nSPS) is 12.4. The van der Waals surface area contributed by atoms with E-state index in [2.05, 4.69) is 12.2 Å². The maximum absolute atomic E-state index is 13.8. The molecule has 0 aliphatic heterocycles. The zero-order valence-electron chi connectivity index (χ0n) is 11.5. The minimum Gasteiger partial charge on any atom is -0.494 e. The van der Waals surface area contributed by atoms with Gasteiger partial charge in [0.15, 0.2) is 16.8 Å². The predicted molar refractivity (Wildman–Crippen MR) is 76.8 cm³/mol. The fourth-order valence-electron chi connectivity index (χ4n) is 2.02. The van der Waals surface area contributed by atoms with Crippen LogP contribution in [-0.2, 0) is 0 Å². The Morgan fingerprint density at radius 1 is 1.35 bits per heavy atom. The molecule has 1 atom stereocenters. The number of furan rings is 1. The molecule has 3 nitrogen and oxygen atoms in total. The van der Waals surface area contributed by atoms with E-state index in [1.807, 2.05) is 6.07 Å². The Hall–Kier alpha value is -1.52. The van der Waals surface area contributed by atoms with Crippen LogP contribution in [0.15, 0.2) is 34.7 Å². The largest absolute Gasteiger partial charge is 0.494 e. The van der Waals surface area contributed by atoms with E-state index in [1.54, 1.807) is 18.2 Å². The van der Waals surface area contributed by atoms with Crippen LogP contribution in [0.4, 0.5) is 4.39 Å². The van der Waals surface area contributed by atoms with Gasteiger partial charge >= 0.3 is 0 Å². The Balaban J connectivity index is 2.33. The summed E-state index contributed by atoms with van der Waals surface area (Å²) in [6.45, 7) is 2.85. The van der Waals surface area contributed by atoms with E-state index in [0.29, 0.717) is 11.0 Å². The molecule has 2 rings (SSSR count). The maximum Gasteiger partial charge on any atom is 0.193 e. The molecule has 1 aromatic heterocycles. The SMILES string of the molecule is CCCNC(c1ccc(OC)c(F)c1)c1ccc(Cl)o1. The van der Waals surface area contributed by atoms with Gasteiger partial charge in [-0.3, -0.25) is 0 Å². The fourth-order valence-corrected chi connectivity index (χ4v) is 2.17. The zero-order valence-corrected chi connectivity index (χ0v) is 12.2. The number of halogens is 2. The number of rotatable bonds is 6. The molecule has 0 amide bonds. The van der Waals surface area contributed by atoms with Gasteiger partial charge in [-0.05, 0) is 54.4 Å². The molecule has 0 fully saturated rings. The zero-order chi connectivity index (χ0) is 14.5. The Morgan fingerprint density at radius 3 is 2.70 bits per heavy atom. The van der Waals surface area contributed by atoms with Gasteiger partial charge in [0, 0.05) is 0 Å². The molecule has 5 heteroatoms. The molecular formula is C15H17ClFNO2. The molecule has 1 aromatic carbocycles. The highest BCUT2D eigenvalue weighted by Crippen LogP contribution is 2.28. The Kier molecular flexibility index (Phi) is 5.04. The van der Waals surface area contributed by atoms with Gasteiger partial charge in [-0.1, -0.05) is 13.0 Å². The lowest BCUT2D eigenvalue weighted by atomic mass is 10.0. The molecule has 0 saturated heterocycles. The first kappa shape index (κ1) is 14.9. The first-order valence-corrected chi connectivity index (χ1v) is 6.85. The van der Waals surface area contributed by atoms with Crippen LogP contribution in [0.25, 0.3) is 0 Å². The lowest BCUT2D eigenvalue weighted by molar-refractivity contribution is 0.385. The molecule has 1 N–H and O–H groups in total. The fraction of sp³-hybridized carbons (Fsp3) is 0.333. The second-order valence-electron chi connectivity index (χ2n) is 4.42. The number of methoxy groups -OCH3 is 1. The molecule has 108 valence electrons. The average Bonchev–Trinajstić information content (AvgIpc) is 2.86. The van der Waals surface area contributed by atoms with Crippen molar-refractivity contribution in [2.75, 3.05) is 13.7 Å². The van der Waals surface area contributed by atoms with Crippen molar-refractivity contribution < 1.29 is 13.5 Å². The summed E-state index contributed by atoms with van der Waals surface area (Å²) in [6, 6.07) is 8.10. The summed E-state index contributed by atoms with van der Waals surface area (Å²) in [5.74, 6) is 0.486. The van der Waals surface area contributed by atoms with Crippen molar-refractivity contribution in [3.8, 4) is 5.75 Å². The second kappa shape index (κ2) is 6.77. The Morgan fingerprint density at radius 2 is 2.15 bits per heavy atom. The van der Waals surface area contributed by atoms with Crippen molar-refractivity contribution in [1.29, 1.82) is 0 Å². The van der Waals surface area contributed by atoms with Gasteiger partial charge < -0.3 is 14.5 Å². The summed E-state index contributed by atoms with van der Waals surface area (Å²) in [5.41, 5.74) is 0.766. The van der Waals surface area contributed by atoms with Crippen molar-refractivity contribution in [2.24, 2.45) is 0 Å². The minimum absolute atomic E-state index is 0.223. The van der Waals surface area contributed by atoms with E-state index in [4.69, 9.17) is 20.8 Å². The summed E-state index contributed by atoms with van der Waals surface area (Å²) >= 11 is 5.82. The summed E-state index contributed by atoms with van der Waals surface area (Å²) in [6.07, 6.45) is 0.962. The van der Waals surface area contributed by atoms with Crippen molar-refractivity contribution >= 4 is 11.6 Å². The number of hydrogen-bond donors (Lipinski definition) is 1. The predicted octanol–water partition coefficient (Wildman–Crippen LogP) is 4.17. The van der Waals surface area contributed by atoms with Crippen LogP contribution >= 0.6 is 11.6 Å². The number of ether oxygens (including phenoxy) is 1. The second-order valence-corrected chi connectivity index (χ2v) is 4.80. The molecule has 0 radical (unpaired) electrons. The van der Waals surface area contributed by atoms with Crippen LogP contribution in [0, 0.1) is 5.82 Å². The van der Waals surface area contributed by atoms with Gasteiger partial charge in [0.05, 0.1) is 13.2 Å². The highest BCUT2D eigenvalue weighted by Gasteiger charge is 2.18. The van der Waals surface area contributed by atoms with Gasteiger partial charge in [0.2, 0.25) is 0 Å². The average molecular weight is 298 g/mol. The third-order valence-electron chi connectivity index (χ3n) is 2.99. The molecule has 0 aliphatic rings. The standard InChI is InChI=1S/C15H17ClFNO2/c1-3-8-18-15(13-6-7-14(16)20-13)10-4-5-12(19-2)11(17)9-10/h4-7,9,15,18H,3,8H2,1-2H3. The molecule has 1 unspecified atom stereocenters. The Bertz CT molecular complexity index is 571. The van der Waals surface area contributed by atoms with Crippen LogP contribution in [0.1, 0.15) is 30.7 Å². The molecular weight excluding hydrogens is 281 g/mol. The smallest absolute Gasteiger partial charge is 0.193 e. The summed E-state index contributed by atoms with van der Waals surface area (Å²) in [4.78, 5) is 0. The van der Waals surface area contributed by atoms with Gasteiger partial charge in [0.25, 0.3) is 0 Å². The Labute approximate surface area is 122 Å². The summed E-state index contributed by atoms with van der Waals surface area (Å²) < 4.78 is 24.2. The minimum atomic E-state index is -0.397. The topological polar surface area (TPSA) is 34.4 Å². The summed E-state index contributed by atoms with van der Waals surface area (Å²) in [5, 5.41) is 3.64. The molecule has 0 spiro atoms. The van der Waals surface area contributed by atoms with Crippen LogP contribution in [0.3, 0.4) is 0 Å². The molecule has 0 bridgehead atoms. The van der Waals surface area contributed by atoms with E-state index >= 15 is 0 Å². The molecule has 2 aromatic rings. The number of benzene rings is 1. The number of hydrogen-bond acceptors (Lipinski definition) is 3. The highest BCUT2D eigenvalue weighted by atomic mass is 35.5. The van der Waals surface area contributed by atoms with Crippen LogP contribution in [0.5, 0.6) is 5.75 Å². The van der Waals surface area contributed by atoms with E-state index < -0.39 is 5.82 Å².